The molecule has 1 unspecified atom stereocenters. The Labute approximate surface area is 324 Å². The van der Waals surface area contributed by atoms with Crippen molar-refractivity contribution >= 4 is 46.5 Å². The van der Waals surface area contributed by atoms with Gasteiger partial charge in [-0.05, 0) is 62.2 Å². The second kappa shape index (κ2) is 15.5. The molecule has 8 rings (SSSR count). The molecule has 0 bridgehead atoms. The average molecular weight is 764 g/mol. The molecule has 2 aromatic carbocycles. The van der Waals surface area contributed by atoms with Gasteiger partial charge in [0, 0.05) is 106 Å². The van der Waals surface area contributed by atoms with E-state index in [4.69, 9.17) is 9.73 Å². The molecule has 0 radical (unpaired) electrons. The molecular formula is C40H45N9O7. The van der Waals surface area contributed by atoms with Gasteiger partial charge < -0.3 is 14.5 Å². The van der Waals surface area contributed by atoms with E-state index < -0.39 is 29.7 Å². The Balaban J connectivity index is 0.776. The molecule has 16 nitrogen and oxygen atoms in total. The number of amides is 4. The van der Waals surface area contributed by atoms with Gasteiger partial charge in [-0.2, -0.15) is 0 Å². The molecule has 4 amide bonds. The summed E-state index contributed by atoms with van der Waals surface area (Å²) >= 11 is 0. The monoisotopic (exact) mass is 763 g/mol. The van der Waals surface area contributed by atoms with Gasteiger partial charge in [-0.3, -0.25) is 54.3 Å². The lowest BCUT2D eigenvalue weighted by Gasteiger charge is -2.45. The lowest BCUT2D eigenvalue weighted by Crippen LogP contribution is -2.57. The minimum absolute atomic E-state index is 0.0613. The fraction of sp³-hybridized carbons (Fsp3) is 0.450. The van der Waals surface area contributed by atoms with Crippen LogP contribution in [0.3, 0.4) is 0 Å². The number of carbonyl (C=O) groups excluding carboxylic acids is 4. The zero-order valence-corrected chi connectivity index (χ0v) is 31.6. The van der Waals surface area contributed by atoms with Crippen LogP contribution >= 0.6 is 0 Å². The van der Waals surface area contributed by atoms with E-state index in [1.165, 1.54) is 6.07 Å². The van der Waals surface area contributed by atoms with E-state index in [1.54, 1.807) is 30.5 Å². The van der Waals surface area contributed by atoms with E-state index in [0.717, 1.165) is 91.2 Å². The van der Waals surface area contributed by atoms with Crippen LogP contribution in [0.2, 0.25) is 0 Å². The van der Waals surface area contributed by atoms with Crippen molar-refractivity contribution in [2.45, 2.75) is 51.4 Å². The van der Waals surface area contributed by atoms with Gasteiger partial charge in [0.25, 0.3) is 17.5 Å². The topological polar surface area (TPSA) is 174 Å². The predicted octanol–water partition coefficient (Wildman–Crippen LogP) is 2.48. The molecule has 56 heavy (non-hydrogen) atoms. The Bertz CT molecular complexity index is 2100. The lowest BCUT2D eigenvalue weighted by molar-refractivity contribution is -0.384. The maximum Gasteiger partial charge on any atom is 0.270 e. The number of carbonyl (C=O) groups is 4. The number of hydrogen-bond donors (Lipinski definition) is 1. The van der Waals surface area contributed by atoms with Crippen LogP contribution in [0.5, 0.6) is 0 Å². The van der Waals surface area contributed by atoms with Gasteiger partial charge in [-0.15, -0.1) is 0 Å². The van der Waals surface area contributed by atoms with Crippen LogP contribution in [-0.2, 0) is 20.9 Å². The Kier molecular flexibility index (Phi) is 10.3. The van der Waals surface area contributed by atoms with Gasteiger partial charge in [0.2, 0.25) is 11.8 Å². The Morgan fingerprint density at radius 2 is 1.61 bits per heavy atom. The minimum atomic E-state index is -0.978. The van der Waals surface area contributed by atoms with Crippen molar-refractivity contribution in [1.82, 2.24) is 25.0 Å². The number of nitrogens with zero attached hydrogens (tertiary/aromatic N) is 8. The average Bonchev–Trinajstić information content (AvgIpc) is 3.73. The summed E-state index contributed by atoms with van der Waals surface area (Å²) in [5.74, 6) is -1.13. The van der Waals surface area contributed by atoms with Crippen LogP contribution in [-0.4, -0.2) is 138 Å². The van der Waals surface area contributed by atoms with E-state index in [9.17, 15) is 29.3 Å². The summed E-state index contributed by atoms with van der Waals surface area (Å²) in [5.41, 5.74) is 4.97. The predicted molar refractivity (Wildman–Crippen MR) is 207 cm³/mol. The number of imide groups is 2. The maximum absolute atomic E-state index is 13.3. The van der Waals surface area contributed by atoms with Crippen molar-refractivity contribution in [3.05, 3.63) is 92.7 Å². The first kappa shape index (κ1) is 37.3. The maximum atomic E-state index is 13.3. The first-order valence-electron chi connectivity index (χ1n) is 19.3. The Morgan fingerprint density at radius 3 is 2.36 bits per heavy atom. The van der Waals surface area contributed by atoms with Gasteiger partial charge in [0.1, 0.15) is 11.9 Å². The van der Waals surface area contributed by atoms with Gasteiger partial charge in [-0.1, -0.05) is 0 Å². The third kappa shape index (κ3) is 7.27. The summed E-state index contributed by atoms with van der Waals surface area (Å²) in [4.78, 5) is 81.1. The zero-order chi connectivity index (χ0) is 39.1. The second-order valence-corrected chi connectivity index (χ2v) is 15.1. The number of non-ortho nitro benzene ring substituents is 1. The molecule has 5 aliphatic rings. The highest BCUT2D eigenvalue weighted by atomic mass is 16.6. The Hall–Kier alpha value is -5.58. The van der Waals surface area contributed by atoms with Crippen LogP contribution in [0.15, 0.2) is 59.7 Å². The van der Waals surface area contributed by atoms with Crippen LogP contribution in [0, 0.1) is 10.1 Å². The molecular weight excluding hydrogens is 718 g/mol. The van der Waals surface area contributed by atoms with Crippen LogP contribution in [0.4, 0.5) is 17.2 Å². The van der Waals surface area contributed by atoms with E-state index in [-0.39, 0.29) is 41.1 Å². The number of fused-ring (bicyclic) bond motifs is 2. The van der Waals surface area contributed by atoms with Crippen LogP contribution in [0.25, 0.3) is 0 Å². The third-order valence-electron chi connectivity index (χ3n) is 11.6. The number of aromatic nitrogens is 1. The number of benzene rings is 2. The fourth-order valence-electron chi connectivity index (χ4n) is 8.61. The van der Waals surface area contributed by atoms with Gasteiger partial charge in [0.05, 0.1) is 41.5 Å². The lowest BCUT2D eigenvalue weighted by atomic mass is 10.00. The molecule has 1 aromatic heterocycles. The standard InChI is InChI=1S/C40H45N9O7/c1-25-23-46(35-19-27(9-10-41-35)37-32-21-30(49(54)55)4-3-28(32)22-42-37)24-26(2)47(25)16-18-56-17-15-44-11-13-45(14-12-44)29-5-6-31-33(20-29)40(53)48(39(31)52)34-7-8-36(50)43-38(34)51/h3-6,9-10,19-21,25-26,34H,7-8,11-18,22-24H2,1-2H3,(H,43,50,51)/t25-,26+,34?. The SMILES string of the molecule is C[C@@H]1CN(c2cc(C3=NCc4ccc([N+](=O)[O-])cc43)ccn2)C[C@H](C)N1CCOCCN1CCN(c2ccc3c(c2)C(=O)N(C2CCC(=O)NC2=O)C3=O)CC1. The molecule has 5 aliphatic heterocycles. The number of ether oxygens (including phenoxy) is 1. The largest absolute Gasteiger partial charge is 0.379 e. The third-order valence-corrected chi connectivity index (χ3v) is 11.6. The molecule has 3 atom stereocenters. The molecule has 1 N–H and O–H groups in total. The summed E-state index contributed by atoms with van der Waals surface area (Å²) in [6.07, 6.45) is 2.01. The number of nitro groups is 1. The molecule has 6 heterocycles. The van der Waals surface area contributed by atoms with Crippen molar-refractivity contribution in [2.75, 3.05) is 75.4 Å². The summed E-state index contributed by atoms with van der Waals surface area (Å²) < 4.78 is 6.13. The van der Waals surface area contributed by atoms with Gasteiger partial charge in [0.15, 0.2) is 0 Å². The quantitative estimate of drug-likeness (QED) is 0.131. The molecule has 292 valence electrons. The van der Waals surface area contributed by atoms with Crippen molar-refractivity contribution < 1.29 is 28.8 Å². The first-order valence-corrected chi connectivity index (χ1v) is 19.3. The van der Waals surface area contributed by atoms with E-state index in [2.05, 4.69) is 43.7 Å². The fourth-order valence-corrected chi connectivity index (χ4v) is 8.61. The molecule has 16 heteroatoms. The van der Waals surface area contributed by atoms with Crippen molar-refractivity contribution in [3.63, 3.8) is 0 Å². The molecule has 3 fully saturated rings. The summed E-state index contributed by atoms with van der Waals surface area (Å²) in [6.45, 7) is 12.7. The molecule has 0 aliphatic carbocycles. The minimum Gasteiger partial charge on any atom is -0.379 e. The molecule has 3 aromatic rings. The molecule has 0 saturated carbocycles. The van der Waals surface area contributed by atoms with E-state index >= 15 is 0 Å². The first-order chi connectivity index (χ1) is 27.0. The second-order valence-electron chi connectivity index (χ2n) is 15.1. The number of piperazine rings is 2. The highest BCUT2D eigenvalue weighted by Crippen LogP contribution is 2.32. The number of piperidine rings is 1. The number of pyridine rings is 1. The van der Waals surface area contributed by atoms with Crippen molar-refractivity contribution in [3.8, 4) is 0 Å². The summed E-state index contributed by atoms with van der Waals surface area (Å²) in [6, 6.07) is 13.7. The van der Waals surface area contributed by atoms with Crippen LogP contribution in [0.1, 0.15) is 64.1 Å². The summed E-state index contributed by atoms with van der Waals surface area (Å²) in [5, 5.41) is 13.6. The van der Waals surface area contributed by atoms with E-state index in [0.29, 0.717) is 25.3 Å². The van der Waals surface area contributed by atoms with E-state index in [1.807, 2.05) is 18.2 Å². The normalized spacial score (nSPS) is 23.0. The smallest absolute Gasteiger partial charge is 0.270 e. The number of rotatable bonds is 11. The molecule has 0 spiro atoms. The van der Waals surface area contributed by atoms with Crippen molar-refractivity contribution in [2.24, 2.45) is 4.99 Å². The highest BCUT2D eigenvalue weighted by Gasteiger charge is 2.45. The number of hydrogen-bond acceptors (Lipinski definition) is 13. The number of nitro benzene ring substituents is 1. The number of anilines is 2. The van der Waals surface area contributed by atoms with Gasteiger partial charge >= 0.3 is 0 Å². The summed E-state index contributed by atoms with van der Waals surface area (Å²) in [7, 11) is 0. The van der Waals surface area contributed by atoms with Crippen molar-refractivity contribution in [1.29, 1.82) is 0 Å². The van der Waals surface area contributed by atoms with Gasteiger partial charge in [-0.25, -0.2) is 4.98 Å². The Morgan fingerprint density at radius 1 is 0.857 bits per heavy atom. The molecule has 3 saturated heterocycles. The van der Waals surface area contributed by atoms with Crippen LogP contribution < -0.4 is 15.1 Å². The zero-order valence-electron chi connectivity index (χ0n) is 31.6. The highest BCUT2D eigenvalue weighted by molar-refractivity contribution is 6.23. The number of aliphatic imine (C=N–C) groups is 1. The number of nitrogens with one attached hydrogen (secondary N) is 1.